The van der Waals surface area contributed by atoms with Gasteiger partial charge in [0, 0.05) is 10.6 Å². The number of aryl methyl sites for hydroxylation is 1. The van der Waals surface area contributed by atoms with Crippen molar-refractivity contribution in [1.82, 2.24) is 5.32 Å². The van der Waals surface area contributed by atoms with Crippen molar-refractivity contribution in [3.63, 3.8) is 0 Å². The van der Waals surface area contributed by atoms with Crippen LogP contribution in [0, 0.1) is 6.92 Å². The maximum absolute atomic E-state index is 6.21. The van der Waals surface area contributed by atoms with Crippen LogP contribution >= 0.6 is 11.6 Å². The van der Waals surface area contributed by atoms with Gasteiger partial charge in [0.15, 0.2) is 0 Å². The van der Waals surface area contributed by atoms with E-state index < -0.39 is 0 Å². The van der Waals surface area contributed by atoms with E-state index in [2.05, 4.69) is 58.1 Å². The van der Waals surface area contributed by atoms with Gasteiger partial charge in [-0.05, 0) is 63.3 Å². The van der Waals surface area contributed by atoms with Crippen LogP contribution in [-0.4, -0.2) is 12.1 Å². The summed E-state index contributed by atoms with van der Waals surface area (Å²) in [5.41, 5.74) is 2.79. The first-order valence-corrected chi connectivity index (χ1v) is 7.01. The van der Waals surface area contributed by atoms with Gasteiger partial charge in [-0.2, -0.15) is 0 Å². The quantitative estimate of drug-likeness (QED) is 0.834. The highest BCUT2D eigenvalue weighted by Gasteiger charge is 2.21. The monoisotopic (exact) mass is 267 g/mol. The summed E-state index contributed by atoms with van der Waals surface area (Å²) in [6.07, 6.45) is 1.10. The molecule has 0 saturated heterocycles. The first-order valence-electron chi connectivity index (χ1n) is 6.63. The molecule has 1 nitrogen and oxygen atoms in total. The van der Waals surface area contributed by atoms with Crippen LogP contribution in [0.3, 0.4) is 0 Å². The van der Waals surface area contributed by atoms with Gasteiger partial charge >= 0.3 is 0 Å². The van der Waals surface area contributed by atoms with Crippen LogP contribution in [0.15, 0.2) is 18.2 Å². The van der Waals surface area contributed by atoms with Crippen LogP contribution in [0.1, 0.15) is 52.2 Å². The Hall–Kier alpha value is -0.530. The minimum Gasteiger partial charge on any atom is -0.312 e. The molecule has 0 aliphatic rings. The van der Waals surface area contributed by atoms with E-state index >= 15 is 0 Å². The van der Waals surface area contributed by atoms with Crippen molar-refractivity contribution in [3.8, 4) is 0 Å². The molecular weight excluding hydrogens is 242 g/mol. The topological polar surface area (TPSA) is 12.0 Å². The van der Waals surface area contributed by atoms with E-state index in [0.717, 1.165) is 23.6 Å². The molecule has 102 valence electrons. The molecule has 0 atom stereocenters. The van der Waals surface area contributed by atoms with Crippen LogP contribution in [0.4, 0.5) is 0 Å². The molecule has 0 aliphatic carbocycles. The minimum absolute atomic E-state index is 0.148. The van der Waals surface area contributed by atoms with Crippen LogP contribution < -0.4 is 5.32 Å². The highest BCUT2D eigenvalue weighted by atomic mass is 35.5. The third kappa shape index (κ3) is 4.62. The number of hydrogen-bond donors (Lipinski definition) is 1. The number of nitrogens with one attached hydrogen (secondary N) is 1. The standard InChI is InChI=1S/C16H26ClN/c1-12-7-8-13(11-14(12)17)16(5,6)9-10-18-15(2,3)4/h7-8,11,18H,9-10H2,1-6H3. The van der Waals surface area contributed by atoms with E-state index in [-0.39, 0.29) is 11.0 Å². The zero-order chi connectivity index (χ0) is 14.0. The molecule has 1 rings (SSSR count). The van der Waals surface area contributed by atoms with Gasteiger partial charge in [-0.1, -0.05) is 37.6 Å². The molecule has 0 bridgehead atoms. The van der Waals surface area contributed by atoms with Crippen LogP contribution in [-0.2, 0) is 5.41 Å². The van der Waals surface area contributed by atoms with E-state index in [1.165, 1.54) is 5.56 Å². The van der Waals surface area contributed by atoms with Gasteiger partial charge in [-0.3, -0.25) is 0 Å². The minimum atomic E-state index is 0.148. The van der Waals surface area contributed by atoms with E-state index in [0.29, 0.717) is 0 Å². The predicted octanol–water partition coefficient (Wildman–Crippen LogP) is 4.70. The molecule has 1 N–H and O–H groups in total. The molecule has 1 aromatic rings. The summed E-state index contributed by atoms with van der Waals surface area (Å²) < 4.78 is 0. The third-order valence-corrected chi connectivity index (χ3v) is 3.77. The molecule has 0 heterocycles. The molecule has 18 heavy (non-hydrogen) atoms. The fourth-order valence-corrected chi connectivity index (χ4v) is 2.09. The summed E-state index contributed by atoms with van der Waals surface area (Å²) >= 11 is 6.21. The lowest BCUT2D eigenvalue weighted by Crippen LogP contribution is -2.38. The second kappa shape index (κ2) is 5.63. The molecule has 0 saturated carbocycles. The molecule has 0 unspecified atom stereocenters. The second-order valence-electron chi connectivity index (χ2n) is 6.77. The van der Waals surface area contributed by atoms with Crippen molar-refractivity contribution < 1.29 is 0 Å². The fourth-order valence-electron chi connectivity index (χ4n) is 1.91. The fraction of sp³-hybridized carbons (Fsp3) is 0.625. The van der Waals surface area contributed by atoms with Gasteiger partial charge in [-0.15, -0.1) is 0 Å². The summed E-state index contributed by atoms with van der Waals surface area (Å²) in [5, 5.41) is 4.41. The molecule has 1 aromatic carbocycles. The van der Waals surface area contributed by atoms with Gasteiger partial charge in [0.2, 0.25) is 0 Å². The first kappa shape index (κ1) is 15.5. The van der Waals surface area contributed by atoms with Crippen molar-refractivity contribution in [1.29, 1.82) is 0 Å². The number of hydrogen-bond acceptors (Lipinski definition) is 1. The average molecular weight is 268 g/mol. The molecule has 0 aliphatic heterocycles. The van der Waals surface area contributed by atoms with Gasteiger partial charge in [0.05, 0.1) is 0 Å². The van der Waals surface area contributed by atoms with E-state index in [4.69, 9.17) is 11.6 Å². The zero-order valence-electron chi connectivity index (χ0n) is 12.5. The molecule has 0 fully saturated rings. The highest BCUT2D eigenvalue weighted by Crippen LogP contribution is 2.30. The lowest BCUT2D eigenvalue weighted by Gasteiger charge is -2.28. The Kier molecular flexibility index (Phi) is 4.85. The Bertz CT molecular complexity index is 402. The van der Waals surface area contributed by atoms with Crippen molar-refractivity contribution in [2.75, 3.05) is 6.54 Å². The maximum atomic E-state index is 6.21. The van der Waals surface area contributed by atoms with Crippen LogP contribution in [0.25, 0.3) is 0 Å². The van der Waals surface area contributed by atoms with Gasteiger partial charge in [0.1, 0.15) is 0 Å². The average Bonchev–Trinajstić information content (AvgIpc) is 2.19. The summed E-state index contributed by atoms with van der Waals surface area (Å²) in [6.45, 7) is 14.2. The number of halogens is 1. The van der Waals surface area contributed by atoms with Crippen molar-refractivity contribution >= 4 is 11.6 Å². The van der Waals surface area contributed by atoms with Crippen molar-refractivity contribution in [2.45, 2.75) is 58.9 Å². The van der Waals surface area contributed by atoms with Crippen LogP contribution in [0.5, 0.6) is 0 Å². The summed E-state index contributed by atoms with van der Waals surface area (Å²) in [5.74, 6) is 0. The number of benzene rings is 1. The van der Waals surface area contributed by atoms with E-state index in [9.17, 15) is 0 Å². The summed E-state index contributed by atoms with van der Waals surface area (Å²) in [7, 11) is 0. The molecule has 0 amide bonds. The molecule has 2 heteroatoms. The smallest absolute Gasteiger partial charge is 0.0438 e. The Morgan fingerprint density at radius 1 is 1.11 bits per heavy atom. The molecule has 0 aromatic heterocycles. The Morgan fingerprint density at radius 2 is 1.72 bits per heavy atom. The Morgan fingerprint density at radius 3 is 2.22 bits per heavy atom. The lowest BCUT2D eigenvalue weighted by molar-refractivity contribution is 0.379. The summed E-state index contributed by atoms with van der Waals surface area (Å²) in [4.78, 5) is 0. The van der Waals surface area contributed by atoms with Gasteiger partial charge < -0.3 is 5.32 Å². The largest absolute Gasteiger partial charge is 0.312 e. The van der Waals surface area contributed by atoms with Gasteiger partial charge in [-0.25, -0.2) is 0 Å². The highest BCUT2D eigenvalue weighted by molar-refractivity contribution is 6.31. The third-order valence-electron chi connectivity index (χ3n) is 3.36. The SMILES string of the molecule is Cc1ccc(C(C)(C)CCNC(C)(C)C)cc1Cl. The van der Waals surface area contributed by atoms with Crippen molar-refractivity contribution in [3.05, 3.63) is 34.3 Å². The summed E-state index contributed by atoms with van der Waals surface area (Å²) in [6, 6.07) is 6.41. The van der Waals surface area contributed by atoms with Crippen LogP contribution in [0.2, 0.25) is 5.02 Å². The van der Waals surface area contributed by atoms with E-state index in [1.807, 2.05) is 6.92 Å². The Labute approximate surface area is 117 Å². The zero-order valence-corrected chi connectivity index (χ0v) is 13.3. The molecular formula is C16H26ClN. The Balaban J connectivity index is 2.70. The lowest BCUT2D eigenvalue weighted by atomic mass is 9.81. The predicted molar refractivity (Wildman–Crippen MR) is 81.6 cm³/mol. The second-order valence-corrected chi connectivity index (χ2v) is 7.18. The molecule has 0 radical (unpaired) electrons. The maximum Gasteiger partial charge on any atom is 0.0438 e. The van der Waals surface area contributed by atoms with E-state index in [1.54, 1.807) is 0 Å². The normalized spacial score (nSPS) is 12.8. The van der Waals surface area contributed by atoms with Crippen molar-refractivity contribution in [2.24, 2.45) is 0 Å². The molecule has 0 spiro atoms. The first-order chi connectivity index (χ1) is 8.12. The number of rotatable bonds is 4. The van der Waals surface area contributed by atoms with Gasteiger partial charge in [0.25, 0.3) is 0 Å².